The zero-order chi connectivity index (χ0) is 13.2. The molecule has 4 nitrogen and oxygen atoms in total. The molecular weight excluding hydrogens is 283 g/mol. The van der Waals surface area contributed by atoms with E-state index in [1.165, 1.54) is 0 Å². The van der Waals surface area contributed by atoms with Gasteiger partial charge in [0.2, 0.25) is 0 Å². The lowest BCUT2D eigenvalue weighted by atomic mass is 10.1. The van der Waals surface area contributed by atoms with Gasteiger partial charge in [0.05, 0.1) is 10.7 Å². The number of nitrogens with zero attached hydrogens (tertiary/aromatic N) is 3. The third kappa shape index (κ3) is 2.32. The van der Waals surface area contributed by atoms with Crippen LogP contribution in [0.1, 0.15) is 0 Å². The third-order valence-corrected chi connectivity index (χ3v) is 3.19. The van der Waals surface area contributed by atoms with E-state index < -0.39 is 0 Å². The molecule has 0 radical (unpaired) electrons. The standard InChI is InChI=1S/C13H8Cl2N4/c14-8-4-5-9(10(15)7-8)12-13(18-19-17-12)11-3-1-2-6-16-11/h1-7H,(H,17,18,19). The molecule has 1 aromatic carbocycles. The van der Waals surface area contributed by atoms with Crippen LogP contribution in [0.3, 0.4) is 0 Å². The van der Waals surface area contributed by atoms with Crippen molar-refractivity contribution >= 4 is 23.2 Å². The highest BCUT2D eigenvalue weighted by Crippen LogP contribution is 2.33. The molecule has 3 aromatic rings. The molecule has 0 saturated carbocycles. The molecule has 3 rings (SSSR count). The lowest BCUT2D eigenvalue weighted by Crippen LogP contribution is -1.87. The molecule has 94 valence electrons. The molecule has 0 atom stereocenters. The van der Waals surface area contributed by atoms with Crippen molar-refractivity contribution in [1.29, 1.82) is 0 Å². The Morgan fingerprint density at radius 3 is 2.53 bits per heavy atom. The van der Waals surface area contributed by atoms with E-state index in [4.69, 9.17) is 23.2 Å². The first-order valence-electron chi connectivity index (χ1n) is 5.53. The van der Waals surface area contributed by atoms with Crippen LogP contribution in [0.4, 0.5) is 0 Å². The second-order valence-electron chi connectivity index (χ2n) is 3.86. The smallest absolute Gasteiger partial charge is 0.139 e. The fraction of sp³-hybridized carbons (Fsp3) is 0. The van der Waals surface area contributed by atoms with Crippen LogP contribution >= 0.6 is 23.2 Å². The molecule has 0 aliphatic heterocycles. The Balaban J connectivity index is 2.15. The summed E-state index contributed by atoms with van der Waals surface area (Å²) in [6.45, 7) is 0. The Labute approximate surface area is 119 Å². The van der Waals surface area contributed by atoms with Crippen LogP contribution in [0.2, 0.25) is 10.0 Å². The van der Waals surface area contributed by atoms with Gasteiger partial charge in [-0.1, -0.05) is 29.3 Å². The van der Waals surface area contributed by atoms with Crippen LogP contribution in [0.25, 0.3) is 22.6 Å². The van der Waals surface area contributed by atoms with Crippen molar-refractivity contribution in [2.24, 2.45) is 0 Å². The normalized spacial score (nSPS) is 10.6. The molecule has 0 amide bonds. The number of nitrogens with one attached hydrogen (secondary N) is 1. The van der Waals surface area contributed by atoms with Gasteiger partial charge >= 0.3 is 0 Å². The zero-order valence-corrected chi connectivity index (χ0v) is 11.2. The highest BCUT2D eigenvalue weighted by atomic mass is 35.5. The summed E-state index contributed by atoms with van der Waals surface area (Å²) in [7, 11) is 0. The van der Waals surface area contributed by atoms with E-state index in [9.17, 15) is 0 Å². The molecule has 0 fully saturated rings. The van der Waals surface area contributed by atoms with E-state index in [0.29, 0.717) is 21.4 Å². The van der Waals surface area contributed by atoms with Crippen molar-refractivity contribution in [2.45, 2.75) is 0 Å². The highest BCUT2D eigenvalue weighted by Gasteiger charge is 2.15. The molecule has 0 spiro atoms. The molecule has 6 heteroatoms. The number of aromatic amines is 1. The van der Waals surface area contributed by atoms with E-state index in [2.05, 4.69) is 20.4 Å². The average Bonchev–Trinajstić information content (AvgIpc) is 2.89. The van der Waals surface area contributed by atoms with E-state index in [1.807, 2.05) is 24.3 Å². The van der Waals surface area contributed by atoms with Gasteiger partial charge in [0.25, 0.3) is 0 Å². The maximum atomic E-state index is 6.19. The summed E-state index contributed by atoms with van der Waals surface area (Å²) < 4.78 is 0. The van der Waals surface area contributed by atoms with Crippen molar-refractivity contribution < 1.29 is 0 Å². The van der Waals surface area contributed by atoms with Gasteiger partial charge in [-0.25, -0.2) is 0 Å². The van der Waals surface area contributed by atoms with E-state index in [0.717, 1.165) is 11.3 Å². The summed E-state index contributed by atoms with van der Waals surface area (Å²) in [5.74, 6) is 0. The van der Waals surface area contributed by atoms with Crippen molar-refractivity contribution in [1.82, 2.24) is 20.4 Å². The van der Waals surface area contributed by atoms with Gasteiger partial charge < -0.3 is 0 Å². The molecule has 0 saturated heterocycles. The van der Waals surface area contributed by atoms with Gasteiger partial charge in [0, 0.05) is 16.8 Å². The number of hydrogen-bond donors (Lipinski definition) is 1. The molecule has 0 unspecified atom stereocenters. The minimum Gasteiger partial charge on any atom is -0.254 e. The molecular formula is C13H8Cl2N4. The Bertz CT molecular complexity index is 710. The van der Waals surface area contributed by atoms with Crippen LogP contribution < -0.4 is 0 Å². The van der Waals surface area contributed by atoms with Crippen molar-refractivity contribution in [3.05, 3.63) is 52.6 Å². The van der Waals surface area contributed by atoms with Gasteiger partial charge in [-0.3, -0.25) is 4.98 Å². The Morgan fingerprint density at radius 1 is 0.947 bits per heavy atom. The molecule has 0 bridgehead atoms. The largest absolute Gasteiger partial charge is 0.254 e. The Hall–Kier alpha value is -1.91. The first-order chi connectivity index (χ1) is 9.25. The second kappa shape index (κ2) is 4.99. The summed E-state index contributed by atoms with van der Waals surface area (Å²) in [5.41, 5.74) is 2.81. The van der Waals surface area contributed by atoms with E-state index in [-0.39, 0.29) is 0 Å². The molecule has 2 aromatic heterocycles. The zero-order valence-electron chi connectivity index (χ0n) is 9.64. The number of H-pyrrole nitrogens is 1. The van der Waals surface area contributed by atoms with Crippen LogP contribution in [-0.2, 0) is 0 Å². The van der Waals surface area contributed by atoms with Crippen LogP contribution in [0, 0.1) is 0 Å². The number of pyridine rings is 1. The van der Waals surface area contributed by atoms with Crippen LogP contribution in [-0.4, -0.2) is 20.4 Å². The Kier molecular flexibility index (Phi) is 3.19. The van der Waals surface area contributed by atoms with Crippen molar-refractivity contribution in [2.75, 3.05) is 0 Å². The average molecular weight is 291 g/mol. The minimum absolute atomic E-state index is 0.526. The van der Waals surface area contributed by atoms with Gasteiger partial charge in [0.1, 0.15) is 11.4 Å². The fourth-order valence-electron chi connectivity index (χ4n) is 1.78. The van der Waals surface area contributed by atoms with Gasteiger partial charge in [-0.2, -0.15) is 15.4 Å². The van der Waals surface area contributed by atoms with Crippen molar-refractivity contribution in [3.8, 4) is 22.6 Å². The van der Waals surface area contributed by atoms with Gasteiger partial charge in [0.15, 0.2) is 0 Å². The van der Waals surface area contributed by atoms with Gasteiger partial charge in [-0.05, 0) is 30.3 Å². The minimum atomic E-state index is 0.526. The molecule has 19 heavy (non-hydrogen) atoms. The molecule has 0 aliphatic carbocycles. The van der Waals surface area contributed by atoms with Crippen LogP contribution in [0.15, 0.2) is 42.6 Å². The summed E-state index contributed by atoms with van der Waals surface area (Å²) >= 11 is 12.1. The molecule has 2 heterocycles. The summed E-state index contributed by atoms with van der Waals surface area (Å²) in [5, 5.41) is 12.0. The highest BCUT2D eigenvalue weighted by molar-refractivity contribution is 6.36. The summed E-state index contributed by atoms with van der Waals surface area (Å²) in [6.07, 6.45) is 1.71. The van der Waals surface area contributed by atoms with E-state index in [1.54, 1.807) is 18.3 Å². The molecule has 1 N–H and O–H groups in total. The first-order valence-corrected chi connectivity index (χ1v) is 6.29. The summed E-state index contributed by atoms with van der Waals surface area (Å²) in [6, 6.07) is 10.9. The van der Waals surface area contributed by atoms with Crippen LogP contribution in [0.5, 0.6) is 0 Å². The Morgan fingerprint density at radius 2 is 1.79 bits per heavy atom. The number of hydrogen-bond acceptors (Lipinski definition) is 3. The van der Waals surface area contributed by atoms with E-state index >= 15 is 0 Å². The van der Waals surface area contributed by atoms with Gasteiger partial charge in [-0.15, -0.1) is 0 Å². The predicted molar refractivity (Wildman–Crippen MR) is 75.1 cm³/mol. The first kappa shape index (κ1) is 12.1. The SMILES string of the molecule is Clc1ccc(-c2n[nH]nc2-c2ccccn2)c(Cl)c1. The second-order valence-corrected chi connectivity index (χ2v) is 4.70. The summed E-state index contributed by atoms with van der Waals surface area (Å²) in [4.78, 5) is 4.26. The number of rotatable bonds is 2. The fourth-order valence-corrected chi connectivity index (χ4v) is 2.28. The quantitative estimate of drug-likeness (QED) is 0.780. The third-order valence-electron chi connectivity index (χ3n) is 2.64. The van der Waals surface area contributed by atoms with Crippen molar-refractivity contribution in [3.63, 3.8) is 0 Å². The maximum Gasteiger partial charge on any atom is 0.139 e. The number of aromatic nitrogens is 4. The lowest BCUT2D eigenvalue weighted by molar-refractivity contribution is 0.942. The number of halogens is 2. The number of benzene rings is 1. The topological polar surface area (TPSA) is 54.5 Å². The molecule has 0 aliphatic rings. The monoisotopic (exact) mass is 290 g/mol. The maximum absolute atomic E-state index is 6.19. The predicted octanol–water partition coefficient (Wildman–Crippen LogP) is 3.84. The lowest BCUT2D eigenvalue weighted by Gasteiger charge is -2.03.